The quantitative estimate of drug-likeness (QED) is 0.571. The molecule has 4 nitrogen and oxygen atoms in total. The molecule has 3 aromatic carbocycles. The summed E-state index contributed by atoms with van der Waals surface area (Å²) >= 11 is 1.51. The number of rotatable bonds is 8. The molecule has 3 rings (SSSR count). The largest absolute Gasteiger partial charge is 0.348 e. The van der Waals surface area contributed by atoms with E-state index in [1.807, 2.05) is 42.5 Å². The summed E-state index contributed by atoms with van der Waals surface area (Å²) in [5.41, 5.74) is 3.22. The van der Waals surface area contributed by atoms with Gasteiger partial charge in [0.1, 0.15) is 5.82 Å². The summed E-state index contributed by atoms with van der Waals surface area (Å²) in [4.78, 5) is 24.2. The van der Waals surface area contributed by atoms with Crippen molar-refractivity contribution in [2.45, 2.75) is 12.3 Å². The van der Waals surface area contributed by atoms with Crippen molar-refractivity contribution in [3.63, 3.8) is 0 Å². The molecule has 0 unspecified atom stereocenters. The zero-order valence-corrected chi connectivity index (χ0v) is 16.5. The normalized spacial score (nSPS) is 10.4. The Morgan fingerprint density at radius 2 is 1.48 bits per heavy atom. The van der Waals surface area contributed by atoms with E-state index < -0.39 is 0 Å². The predicted molar refractivity (Wildman–Crippen MR) is 115 cm³/mol. The summed E-state index contributed by atoms with van der Waals surface area (Å²) in [5, 5.41) is 5.67. The molecule has 3 aromatic rings. The van der Waals surface area contributed by atoms with Crippen molar-refractivity contribution in [1.29, 1.82) is 0 Å². The average molecular weight is 408 g/mol. The summed E-state index contributed by atoms with van der Waals surface area (Å²) in [5.74, 6) is 0.508. The van der Waals surface area contributed by atoms with Crippen LogP contribution in [0.5, 0.6) is 0 Å². The summed E-state index contributed by atoms with van der Waals surface area (Å²) in [6.45, 7) is 0.341. The molecule has 6 heteroatoms. The number of amides is 2. The second-order valence-electron chi connectivity index (χ2n) is 6.41. The standard InChI is InChI=1S/C23H21FN2O2S/c24-20-12-8-17(9-13-20)14-25-23(28)19-10-6-18(7-11-19)15-29-16-22(27)26-21-4-2-1-3-5-21/h1-13H,14-16H2,(H,25,28)(H,26,27). The Hall–Kier alpha value is -3.12. The molecule has 0 atom stereocenters. The number of hydrogen-bond donors (Lipinski definition) is 2. The number of anilines is 1. The van der Waals surface area contributed by atoms with E-state index in [1.165, 1.54) is 23.9 Å². The maximum Gasteiger partial charge on any atom is 0.251 e. The minimum Gasteiger partial charge on any atom is -0.348 e. The number of benzene rings is 3. The van der Waals surface area contributed by atoms with Crippen LogP contribution in [0.1, 0.15) is 21.5 Å². The van der Waals surface area contributed by atoms with Crippen molar-refractivity contribution < 1.29 is 14.0 Å². The fourth-order valence-electron chi connectivity index (χ4n) is 2.62. The lowest BCUT2D eigenvalue weighted by atomic mass is 10.1. The highest BCUT2D eigenvalue weighted by molar-refractivity contribution is 7.99. The highest BCUT2D eigenvalue weighted by atomic mass is 32.2. The second kappa shape index (κ2) is 10.4. The fourth-order valence-corrected chi connectivity index (χ4v) is 3.41. The first-order valence-electron chi connectivity index (χ1n) is 9.14. The van der Waals surface area contributed by atoms with Crippen LogP contribution in [0.15, 0.2) is 78.9 Å². The van der Waals surface area contributed by atoms with Gasteiger partial charge in [-0.15, -0.1) is 11.8 Å². The first-order valence-corrected chi connectivity index (χ1v) is 10.3. The number of nitrogens with one attached hydrogen (secondary N) is 2. The number of carbonyl (C=O) groups is 2. The zero-order chi connectivity index (χ0) is 20.5. The smallest absolute Gasteiger partial charge is 0.251 e. The van der Waals surface area contributed by atoms with Crippen molar-refractivity contribution >= 4 is 29.3 Å². The lowest BCUT2D eigenvalue weighted by molar-refractivity contribution is -0.113. The van der Waals surface area contributed by atoms with Crippen LogP contribution in [0.3, 0.4) is 0 Å². The third-order valence-electron chi connectivity index (χ3n) is 4.14. The summed E-state index contributed by atoms with van der Waals surface area (Å²) in [6, 6.07) is 22.7. The molecule has 0 radical (unpaired) electrons. The van der Waals surface area contributed by atoms with E-state index >= 15 is 0 Å². The third-order valence-corrected chi connectivity index (χ3v) is 5.15. The second-order valence-corrected chi connectivity index (χ2v) is 7.40. The van der Waals surface area contributed by atoms with E-state index in [-0.39, 0.29) is 17.6 Å². The summed E-state index contributed by atoms with van der Waals surface area (Å²) < 4.78 is 12.9. The molecule has 0 aromatic heterocycles. The predicted octanol–water partition coefficient (Wildman–Crippen LogP) is 4.63. The van der Waals surface area contributed by atoms with Crippen LogP contribution in [0.25, 0.3) is 0 Å². The molecule has 0 bridgehead atoms. The minimum absolute atomic E-state index is 0.0435. The van der Waals surface area contributed by atoms with Gasteiger partial charge in [0.25, 0.3) is 5.91 Å². The Bertz CT molecular complexity index is 945. The van der Waals surface area contributed by atoms with Gasteiger partial charge in [-0.2, -0.15) is 0 Å². The topological polar surface area (TPSA) is 58.2 Å². The van der Waals surface area contributed by atoms with Crippen LogP contribution in [0.2, 0.25) is 0 Å². The molecule has 2 N–H and O–H groups in total. The highest BCUT2D eigenvalue weighted by Gasteiger charge is 2.07. The van der Waals surface area contributed by atoms with E-state index in [1.54, 1.807) is 24.3 Å². The molecule has 2 amide bonds. The van der Waals surface area contributed by atoms with Gasteiger partial charge in [-0.3, -0.25) is 9.59 Å². The van der Waals surface area contributed by atoms with Crippen molar-refractivity contribution in [2.75, 3.05) is 11.1 Å². The monoisotopic (exact) mass is 408 g/mol. The van der Waals surface area contributed by atoms with E-state index in [0.29, 0.717) is 23.6 Å². The molecule has 0 heterocycles. The third kappa shape index (κ3) is 6.76. The molecule has 0 aliphatic heterocycles. The van der Waals surface area contributed by atoms with Gasteiger partial charge in [0.15, 0.2) is 0 Å². The maximum atomic E-state index is 12.9. The Morgan fingerprint density at radius 1 is 0.828 bits per heavy atom. The van der Waals surface area contributed by atoms with E-state index in [9.17, 15) is 14.0 Å². The van der Waals surface area contributed by atoms with Crippen LogP contribution in [0, 0.1) is 5.82 Å². The van der Waals surface area contributed by atoms with Crippen LogP contribution in [0.4, 0.5) is 10.1 Å². The Labute approximate surface area is 173 Å². The van der Waals surface area contributed by atoms with Gasteiger partial charge in [0.2, 0.25) is 5.91 Å². The van der Waals surface area contributed by atoms with Gasteiger partial charge in [0.05, 0.1) is 5.75 Å². The van der Waals surface area contributed by atoms with Crippen molar-refractivity contribution in [3.8, 4) is 0 Å². The molecule has 0 saturated carbocycles. The van der Waals surface area contributed by atoms with Crippen LogP contribution in [-0.4, -0.2) is 17.6 Å². The van der Waals surface area contributed by atoms with E-state index in [0.717, 1.165) is 16.8 Å². The van der Waals surface area contributed by atoms with Gasteiger partial charge >= 0.3 is 0 Å². The molecule has 0 aliphatic rings. The summed E-state index contributed by atoms with van der Waals surface area (Å²) in [7, 11) is 0. The van der Waals surface area contributed by atoms with Gasteiger partial charge in [-0.05, 0) is 47.5 Å². The lowest BCUT2D eigenvalue weighted by Gasteiger charge is -2.07. The number of thioether (sulfide) groups is 1. The SMILES string of the molecule is O=C(CSCc1ccc(C(=O)NCc2ccc(F)cc2)cc1)Nc1ccccc1. The lowest BCUT2D eigenvalue weighted by Crippen LogP contribution is -2.22. The summed E-state index contributed by atoms with van der Waals surface area (Å²) in [6.07, 6.45) is 0. The Kier molecular flexibility index (Phi) is 7.41. The van der Waals surface area contributed by atoms with Gasteiger partial charge in [-0.25, -0.2) is 4.39 Å². The molecule has 0 aliphatic carbocycles. The van der Waals surface area contributed by atoms with Crippen molar-refractivity contribution in [3.05, 3.63) is 101 Å². The molecule has 0 fully saturated rings. The Balaban J connectivity index is 1.41. The number of hydrogen-bond acceptors (Lipinski definition) is 3. The zero-order valence-electron chi connectivity index (χ0n) is 15.7. The maximum absolute atomic E-state index is 12.9. The van der Waals surface area contributed by atoms with Gasteiger partial charge in [0, 0.05) is 23.5 Å². The Morgan fingerprint density at radius 3 is 2.17 bits per heavy atom. The van der Waals surface area contributed by atoms with E-state index in [2.05, 4.69) is 10.6 Å². The van der Waals surface area contributed by atoms with E-state index in [4.69, 9.17) is 0 Å². The van der Waals surface area contributed by atoms with Crippen molar-refractivity contribution in [1.82, 2.24) is 5.32 Å². The number of para-hydroxylation sites is 1. The number of carbonyl (C=O) groups excluding carboxylic acids is 2. The van der Waals surface area contributed by atoms with Crippen molar-refractivity contribution in [2.24, 2.45) is 0 Å². The van der Waals surface area contributed by atoms with Crippen LogP contribution < -0.4 is 10.6 Å². The number of halogens is 1. The molecule has 29 heavy (non-hydrogen) atoms. The molecule has 0 spiro atoms. The first kappa shape index (κ1) is 20.6. The van der Waals surface area contributed by atoms with Crippen LogP contribution in [-0.2, 0) is 17.1 Å². The molecular formula is C23H21FN2O2S. The minimum atomic E-state index is -0.300. The molecular weight excluding hydrogens is 387 g/mol. The average Bonchev–Trinajstić information content (AvgIpc) is 2.74. The first-order chi connectivity index (χ1) is 14.1. The highest BCUT2D eigenvalue weighted by Crippen LogP contribution is 2.14. The van der Waals surface area contributed by atoms with Gasteiger partial charge < -0.3 is 10.6 Å². The van der Waals surface area contributed by atoms with Gasteiger partial charge in [-0.1, -0.05) is 42.5 Å². The fraction of sp³-hybridized carbons (Fsp3) is 0.130. The molecule has 0 saturated heterocycles. The molecule has 148 valence electrons. The van der Waals surface area contributed by atoms with Crippen LogP contribution >= 0.6 is 11.8 Å².